The zero-order valence-corrected chi connectivity index (χ0v) is 17.5. The van der Waals surface area contributed by atoms with Gasteiger partial charge >= 0.3 is 29.2 Å². The van der Waals surface area contributed by atoms with Crippen molar-refractivity contribution >= 4 is 29.3 Å². The predicted octanol–water partition coefficient (Wildman–Crippen LogP) is -0.894. The van der Waals surface area contributed by atoms with Gasteiger partial charge in [0.05, 0.1) is 18.8 Å². The first-order valence-corrected chi connectivity index (χ1v) is 12.2. The van der Waals surface area contributed by atoms with E-state index in [1.165, 1.54) is 6.07 Å². The van der Waals surface area contributed by atoms with Crippen molar-refractivity contribution in [3.05, 3.63) is 33.2 Å². The van der Waals surface area contributed by atoms with Crippen LogP contribution in [0.25, 0.3) is 10.4 Å². The van der Waals surface area contributed by atoms with E-state index in [0.29, 0.717) is 0 Å². The number of phosphoric acid groups is 3. The second kappa shape index (κ2) is 9.44. The molecule has 0 amide bonds. The summed E-state index contributed by atoms with van der Waals surface area (Å²) in [5.74, 6) is -0.135. The van der Waals surface area contributed by atoms with Gasteiger partial charge in [0, 0.05) is 11.1 Å². The number of hydrogen-bond donors (Lipinski definition) is 6. The lowest BCUT2D eigenvalue weighted by Crippen LogP contribution is -2.35. The summed E-state index contributed by atoms with van der Waals surface area (Å²) < 4.78 is 51.3. The smallest absolute Gasteiger partial charge is 0.388 e. The molecule has 31 heavy (non-hydrogen) atoms. The molecule has 0 radical (unpaired) electrons. The molecule has 1 saturated heterocycles. The van der Waals surface area contributed by atoms with Crippen LogP contribution in [-0.4, -0.2) is 59.1 Å². The van der Waals surface area contributed by atoms with E-state index in [2.05, 4.69) is 28.2 Å². The first-order valence-electron chi connectivity index (χ1n) is 7.65. The van der Waals surface area contributed by atoms with E-state index in [-0.39, 0.29) is 5.82 Å². The van der Waals surface area contributed by atoms with Crippen molar-refractivity contribution in [1.82, 2.24) is 9.55 Å². The monoisotopic (exact) mass is 508 g/mol. The molecule has 0 bridgehead atoms. The molecule has 7 N–H and O–H groups in total. The number of rotatable bonds is 9. The van der Waals surface area contributed by atoms with E-state index in [4.69, 9.17) is 30.7 Å². The molecule has 2 unspecified atom stereocenters. The summed E-state index contributed by atoms with van der Waals surface area (Å²) >= 11 is 0. The van der Waals surface area contributed by atoms with Crippen LogP contribution in [0.2, 0.25) is 0 Å². The summed E-state index contributed by atoms with van der Waals surface area (Å²) in [7, 11) is -16.8. The Morgan fingerprint density at radius 1 is 1.26 bits per heavy atom. The molecule has 1 aromatic rings. The molecule has 6 atom stereocenters. The second-order valence-electron chi connectivity index (χ2n) is 5.68. The van der Waals surface area contributed by atoms with Gasteiger partial charge in [-0.15, -0.1) is 0 Å². The van der Waals surface area contributed by atoms with Crippen molar-refractivity contribution in [2.45, 2.75) is 24.5 Å². The van der Waals surface area contributed by atoms with Gasteiger partial charge in [-0.05, 0) is 11.6 Å². The number of phosphoric ester groups is 1. The fourth-order valence-electron chi connectivity index (χ4n) is 2.39. The standard InChI is InChI=1S/C9H15N6O13P3/c10-5-1-2-15(9(17)12-5)8-7(16)6(13-14-11)4(26-8)3-25-30(21,22)28-31(23,24)27-29(18,19)20/h1-2,4,6-8,16H,3H2,(H,21,22)(H,23,24)(H2,10,12,17)(H2,18,19,20)/t4-,6-,7-,8-/m1/s1. The van der Waals surface area contributed by atoms with Gasteiger partial charge in [-0.1, -0.05) is 5.11 Å². The fourth-order valence-corrected chi connectivity index (χ4v) is 5.42. The molecular weight excluding hydrogens is 493 g/mol. The molecular formula is C9H15N6O13P3. The Balaban J connectivity index is 2.16. The van der Waals surface area contributed by atoms with Crippen LogP contribution in [0.5, 0.6) is 0 Å². The minimum atomic E-state index is -5.75. The van der Waals surface area contributed by atoms with Crippen LogP contribution in [0.3, 0.4) is 0 Å². The SMILES string of the molecule is [N-]=[N+]=N[C@H]1[C@@H](O)[C@H](n2ccc(N)nc2=O)O[C@@H]1COP(=O)(O)OP(=O)(O)OP(=O)(O)O. The van der Waals surface area contributed by atoms with E-state index >= 15 is 0 Å². The molecule has 1 aromatic heterocycles. The van der Waals surface area contributed by atoms with E-state index in [1.807, 2.05) is 0 Å². The summed E-state index contributed by atoms with van der Waals surface area (Å²) in [4.78, 5) is 53.4. The van der Waals surface area contributed by atoms with Gasteiger partial charge in [-0.3, -0.25) is 9.09 Å². The lowest BCUT2D eigenvalue weighted by molar-refractivity contribution is -0.0524. The van der Waals surface area contributed by atoms with Gasteiger partial charge in [-0.2, -0.15) is 13.6 Å². The van der Waals surface area contributed by atoms with Crippen LogP contribution < -0.4 is 11.4 Å². The van der Waals surface area contributed by atoms with Crippen molar-refractivity contribution in [2.75, 3.05) is 12.3 Å². The lowest BCUT2D eigenvalue weighted by Gasteiger charge is -2.19. The normalized spacial score (nSPS) is 27.8. The van der Waals surface area contributed by atoms with Gasteiger partial charge in [0.25, 0.3) is 0 Å². The van der Waals surface area contributed by atoms with Crippen molar-refractivity contribution < 1.29 is 56.3 Å². The Bertz CT molecular complexity index is 1070. The maximum absolute atomic E-state index is 11.9. The number of aromatic nitrogens is 2. The highest BCUT2D eigenvalue weighted by Gasteiger charge is 2.47. The Labute approximate surface area is 171 Å². The van der Waals surface area contributed by atoms with E-state index in [9.17, 15) is 28.5 Å². The summed E-state index contributed by atoms with van der Waals surface area (Å²) in [5.41, 5.74) is 13.1. The van der Waals surface area contributed by atoms with Gasteiger partial charge in [0.1, 0.15) is 11.9 Å². The summed E-state index contributed by atoms with van der Waals surface area (Å²) in [6.07, 6.45) is -3.56. The number of nitrogen functional groups attached to an aromatic ring is 1. The molecule has 19 nitrogen and oxygen atoms in total. The number of anilines is 1. The highest BCUT2D eigenvalue weighted by molar-refractivity contribution is 7.66. The Morgan fingerprint density at radius 3 is 2.45 bits per heavy atom. The lowest BCUT2D eigenvalue weighted by atomic mass is 10.1. The van der Waals surface area contributed by atoms with Crippen LogP contribution >= 0.6 is 23.5 Å². The molecule has 0 aliphatic carbocycles. The molecule has 2 heterocycles. The van der Waals surface area contributed by atoms with Crippen molar-refractivity contribution in [1.29, 1.82) is 0 Å². The Hall–Kier alpha value is -1.68. The molecule has 1 fully saturated rings. The minimum Gasteiger partial charge on any atom is -0.388 e. The number of aliphatic hydroxyl groups excluding tert-OH is 1. The highest BCUT2D eigenvalue weighted by Crippen LogP contribution is 2.66. The predicted molar refractivity (Wildman–Crippen MR) is 95.6 cm³/mol. The van der Waals surface area contributed by atoms with Crippen molar-refractivity contribution in [2.24, 2.45) is 5.11 Å². The fraction of sp³-hybridized carbons (Fsp3) is 0.556. The van der Waals surface area contributed by atoms with E-state index in [1.54, 1.807) is 0 Å². The zero-order valence-electron chi connectivity index (χ0n) is 14.8. The van der Waals surface area contributed by atoms with Crippen LogP contribution in [0.4, 0.5) is 5.82 Å². The van der Waals surface area contributed by atoms with Crippen molar-refractivity contribution in [3.8, 4) is 0 Å². The van der Waals surface area contributed by atoms with Crippen LogP contribution in [0, 0.1) is 0 Å². The number of hydrogen-bond acceptors (Lipinski definition) is 12. The first-order chi connectivity index (χ1) is 14.1. The average molecular weight is 508 g/mol. The zero-order chi connectivity index (χ0) is 23.6. The summed E-state index contributed by atoms with van der Waals surface area (Å²) in [6, 6.07) is -0.286. The van der Waals surface area contributed by atoms with Gasteiger partial charge in [0.2, 0.25) is 0 Å². The number of nitrogens with zero attached hydrogens (tertiary/aromatic N) is 5. The number of ether oxygens (including phenoxy) is 1. The third kappa shape index (κ3) is 7.17. The molecule has 1 aliphatic rings. The minimum absolute atomic E-state index is 0.135. The largest absolute Gasteiger partial charge is 0.490 e. The first kappa shape index (κ1) is 25.6. The van der Waals surface area contributed by atoms with Gasteiger partial charge in [0.15, 0.2) is 6.23 Å². The number of nitrogens with two attached hydrogens (primary N) is 1. The highest BCUT2D eigenvalue weighted by atomic mass is 31.3. The quantitative estimate of drug-likeness (QED) is 0.102. The summed E-state index contributed by atoms with van der Waals surface area (Å²) in [6.45, 7) is -1.02. The molecule has 2 rings (SSSR count). The van der Waals surface area contributed by atoms with Gasteiger partial charge < -0.3 is 35.2 Å². The van der Waals surface area contributed by atoms with Crippen LogP contribution in [-0.2, 0) is 31.6 Å². The topological polar surface area (TPSA) is 299 Å². The second-order valence-corrected chi connectivity index (χ2v) is 10.1. The third-order valence-electron chi connectivity index (χ3n) is 3.47. The van der Waals surface area contributed by atoms with Crippen molar-refractivity contribution in [3.63, 3.8) is 0 Å². The Kier molecular flexibility index (Phi) is 7.79. The van der Waals surface area contributed by atoms with E-state index in [0.717, 1.165) is 10.8 Å². The van der Waals surface area contributed by atoms with Gasteiger partial charge in [-0.25, -0.2) is 18.5 Å². The van der Waals surface area contributed by atoms with Crippen LogP contribution in [0.15, 0.2) is 22.2 Å². The summed E-state index contributed by atoms with van der Waals surface area (Å²) in [5, 5.41) is 13.6. The number of azide groups is 1. The molecule has 0 saturated carbocycles. The molecule has 0 aromatic carbocycles. The average Bonchev–Trinajstić information content (AvgIpc) is 2.87. The van der Waals surface area contributed by atoms with E-state index < -0.39 is 60.2 Å². The molecule has 0 spiro atoms. The van der Waals surface area contributed by atoms with Crippen LogP contribution in [0.1, 0.15) is 6.23 Å². The molecule has 22 heteroatoms. The Morgan fingerprint density at radius 2 is 1.90 bits per heavy atom. The third-order valence-corrected chi connectivity index (χ3v) is 7.27. The molecule has 1 aliphatic heterocycles. The number of aliphatic hydroxyl groups is 1. The maximum Gasteiger partial charge on any atom is 0.490 e. The maximum atomic E-state index is 11.9. The molecule has 174 valence electrons.